The largest absolute Gasteiger partial charge is 0.448 e. The number of nitrogens with one attached hydrogen (secondary N) is 2. The highest BCUT2D eigenvalue weighted by molar-refractivity contribution is 7.89. The molecule has 1 rings (SSSR count). The number of aryl methyl sites for hydroxylation is 1. The van der Waals surface area contributed by atoms with Gasteiger partial charge in [0, 0.05) is 18.2 Å². The van der Waals surface area contributed by atoms with E-state index in [1.807, 2.05) is 0 Å². The highest BCUT2D eigenvalue weighted by atomic mass is 35.5. The van der Waals surface area contributed by atoms with Crippen molar-refractivity contribution in [2.45, 2.75) is 31.4 Å². The van der Waals surface area contributed by atoms with Gasteiger partial charge in [0.15, 0.2) is 0 Å². The number of rotatable bonds is 5. The Balaban J connectivity index is 0.00000361. The van der Waals surface area contributed by atoms with E-state index in [0.717, 1.165) is 0 Å². The van der Waals surface area contributed by atoms with Crippen molar-refractivity contribution < 1.29 is 17.6 Å². The SMILES string of the molecule is CNS(=O)(=O)c1cc(C(=O)NC(C)(C)CN)c(C)o1.Cl. The van der Waals surface area contributed by atoms with Gasteiger partial charge in [0.25, 0.3) is 15.9 Å². The number of halogens is 1. The van der Waals surface area contributed by atoms with Crippen LogP contribution in [0.1, 0.15) is 30.0 Å². The predicted molar refractivity (Wildman–Crippen MR) is 77.5 cm³/mol. The second-order valence-electron chi connectivity index (χ2n) is 4.78. The van der Waals surface area contributed by atoms with E-state index in [1.165, 1.54) is 20.0 Å². The van der Waals surface area contributed by atoms with E-state index in [1.54, 1.807) is 13.8 Å². The summed E-state index contributed by atoms with van der Waals surface area (Å²) in [5.41, 5.74) is 5.12. The lowest BCUT2D eigenvalue weighted by atomic mass is 10.1. The highest BCUT2D eigenvalue weighted by Crippen LogP contribution is 2.19. The van der Waals surface area contributed by atoms with Crippen LogP contribution in [0, 0.1) is 6.92 Å². The van der Waals surface area contributed by atoms with Crippen molar-refractivity contribution >= 4 is 28.3 Å². The van der Waals surface area contributed by atoms with Crippen molar-refractivity contribution in [3.05, 3.63) is 17.4 Å². The van der Waals surface area contributed by atoms with Crippen LogP contribution in [0.5, 0.6) is 0 Å². The van der Waals surface area contributed by atoms with Gasteiger partial charge in [0.05, 0.1) is 5.56 Å². The average Bonchev–Trinajstić information content (AvgIpc) is 2.71. The van der Waals surface area contributed by atoms with Crippen LogP contribution in [-0.2, 0) is 10.0 Å². The van der Waals surface area contributed by atoms with Gasteiger partial charge in [-0.05, 0) is 27.8 Å². The van der Waals surface area contributed by atoms with E-state index in [0.29, 0.717) is 0 Å². The zero-order chi connectivity index (χ0) is 14.8. The molecule has 1 aromatic rings. The molecule has 1 aromatic heterocycles. The fraction of sp³-hybridized carbons (Fsp3) is 0.545. The molecular weight excluding hydrogens is 306 g/mol. The van der Waals surface area contributed by atoms with E-state index in [2.05, 4.69) is 10.0 Å². The minimum absolute atomic E-state index is 0. The molecule has 4 N–H and O–H groups in total. The summed E-state index contributed by atoms with van der Waals surface area (Å²) in [6.45, 7) is 5.33. The molecule has 0 unspecified atom stereocenters. The predicted octanol–water partition coefficient (Wildman–Crippen LogP) is 0.385. The molecule has 7 nitrogen and oxygen atoms in total. The first-order chi connectivity index (χ1) is 8.63. The minimum Gasteiger partial charge on any atom is -0.448 e. The van der Waals surface area contributed by atoms with Gasteiger partial charge in [-0.3, -0.25) is 4.79 Å². The van der Waals surface area contributed by atoms with Crippen molar-refractivity contribution in [3.8, 4) is 0 Å². The summed E-state index contributed by atoms with van der Waals surface area (Å²) in [5, 5.41) is 2.42. The Morgan fingerprint density at radius 2 is 2.00 bits per heavy atom. The van der Waals surface area contributed by atoms with E-state index in [4.69, 9.17) is 10.2 Å². The second kappa shape index (κ2) is 6.57. The first kappa shape index (κ1) is 18.9. The van der Waals surface area contributed by atoms with Crippen LogP contribution >= 0.6 is 12.4 Å². The van der Waals surface area contributed by atoms with Crippen molar-refractivity contribution in [1.29, 1.82) is 0 Å². The maximum absolute atomic E-state index is 12.0. The summed E-state index contributed by atoms with van der Waals surface area (Å²) < 4.78 is 30.4. The zero-order valence-electron chi connectivity index (χ0n) is 11.8. The smallest absolute Gasteiger partial charge is 0.273 e. The quantitative estimate of drug-likeness (QED) is 0.724. The van der Waals surface area contributed by atoms with Gasteiger partial charge in [-0.1, -0.05) is 0 Å². The van der Waals surface area contributed by atoms with Crippen LogP contribution in [0.4, 0.5) is 0 Å². The molecule has 0 radical (unpaired) electrons. The molecule has 0 saturated carbocycles. The zero-order valence-corrected chi connectivity index (χ0v) is 13.4. The lowest BCUT2D eigenvalue weighted by molar-refractivity contribution is 0.0914. The molecule has 116 valence electrons. The molecule has 0 spiro atoms. The molecule has 0 aliphatic carbocycles. The number of hydrogen-bond acceptors (Lipinski definition) is 5. The van der Waals surface area contributed by atoms with E-state index >= 15 is 0 Å². The normalized spacial score (nSPS) is 11.8. The maximum atomic E-state index is 12.0. The number of hydrogen-bond donors (Lipinski definition) is 3. The number of amides is 1. The van der Waals surface area contributed by atoms with E-state index < -0.39 is 21.5 Å². The van der Waals surface area contributed by atoms with Crippen LogP contribution in [0.25, 0.3) is 0 Å². The summed E-state index contributed by atoms with van der Waals surface area (Å²) in [4.78, 5) is 12.0. The standard InChI is InChI=1S/C11H19N3O4S.ClH/c1-7-8(10(15)14-11(2,3)6-12)5-9(18-7)19(16,17)13-4;/h5,13H,6,12H2,1-4H3,(H,14,15);1H. The first-order valence-corrected chi connectivity index (χ1v) is 7.18. The number of nitrogens with two attached hydrogens (primary N) is 1. The van der Waals surface area contributed by atoms with Gasteiger partial charge >= 0.3 is 0 Å². The minimum atomic E-state index is -3.70. The Morgan fingerprint density at radius 1 is 1.45 bits per heavy atom. The lowest BCUT2D eigenvalue weighted by Crippen LogP contribution is -2.48. The topological polar surface area (TPSA) is 114 Å². The Hall–Kier alpha value is -1.09. The van der Waals surface area contributed by atoms with Gasteiger partial charge in [0.1, 0.15) is 5.76 Å². The van der Waals surface area contributed by atoms with Gasteiger partial charge in [-0.2, -0.15) is 0 Å². The van der Waals surface area contributed by atoms with Crippen LogP contribution < -0.4 is 15.8 Å². The fourth-order valence-corrected chi connectivity index (χ4v) is 2.05. The molecule has 0 atom stereocenters. The number of furan rings is 1. The summed E-state index contributed by atoms with van der Waals surface area (Å²) >= 11 is 0. The third-order valence-electron chi connectivity index (χ3n) is 2.64. The monoisotopic (exact) mass is 325 g/mol. The van der Waals surface area contributed by atoms with Crippen LogP contribution in [-0.4, -0.2) is 33.5 Å². The van der Waals surface area contributed by atoms with Crippen LogP contribution in [0.2, 0.25) is 0 Å². The molecule has 1 amide bonds. The Morgan fingerprint density at radius 3 is 2.45 bits per heavy atom. The highest BCUT2D eigenvalue weighted by Gasteiger charge is 2.25. The molecule has 0 saturated heterocycles. The number of carbonyl (C=O) groups excluding carboxylic acids is 1. The molecule has 0 aliphatic heterocycles. The van der Waals surface area contributed by atoms with Crippen LogP contribution in [0.3, 0.4) is 0 Å². The lowest BCUT2D eigenvalue weighted by Gasteiger charge is -2.23. The third kappa shape index (κ3) is 4.20. The Bertz CT molecular complexity index is 580. The van der Waals surface area contributed by atoms with Crippen molar-refractivity contribution in [2.24, 2.45) is 5.73 Å². The molecule has 1 heterocycles. The average molecular weight is 326 g/mol. The maximum Gasteiger partial charge on any atom is 0.273 e. The summed E-state index contributed by atoms with van der Waals surface area (Å²) in [6, 6.07) is 1.20. The molecule has 0 bridgehead atoms. The van der Waals surface area contributed by atoms with E-state index in [-0.39, 0.29) is 35.4 Å². The van der Waals surface area contributed by atoms with E-state index in [9.17, 15) is 13.2 Å². The third-order valence-corrected chi connectivity index (χ3v) is 3.90. The van der Waals surface area contributed by atoms with Crippen molar-refractivity contribution in [1.82, 2.24) is 10.0 Å². The molecule has 0 aliphatic rings. The van der Waals surface area contributed by atoms with Gasteiger partial charge < -0.3 is 15.5 Å². The summed E-state index contributed by atoms with van der Waals surface area (Å²) in [6.07, 6.45) is 0. The Labute approximate surface area is 124 Å². The number of carbonyl (C=O) groups is 1. The van der Waals surface area contributed by atoms with Crippen molar-refractivity contribution in [2.75, 3.05) is 13.6 Å². The fourth-order valence-electron chi connectivity index (χ4n) is 1.34. The Kier molecular flexibility index (Phi) is 6.22. The molecule has 20 heavy (non-hydrogen) atoms. The second-order valence-corrected chi connectivity index (χ2v) is 6.60. The van der Waals surface area contributed by atoms with Crippen molar-refractivity contribution in [3.63, 3.8) is 0 Å². The molecule has 0 fully saturated rings. The molecule has 9 heteroatoms. The summed E-state index contributed by atoms with van der Waals surface area (Å²) in [7, 11) is -2.44. The van der Waals surface area contributed by atoms with Gasteiger partial charge in [-0.25, -0.2) is 13.1 Å². The first-order valence-electron chi connectivity index (χ1n) is 5.69. The van der Waals surface area contributed by atoms with Gasteiger partial charge in [-0.15, -0.1) is 12.4 Å². The molecule has 0 aromatic carbocycles. The number of sulfonamides is 1. The molecular formula is C11H20ClN3O4S. The van der Waals surface area contributed by atoms with Crippen LogP contribution in [0.15, 0.2) is 15.6 Å². The van der Waals surface area contributed by atoms with Gasteiger partial charge in [0.2, 0.25) is 5.09 Å². The summed E-state index contributed by atoms with van der Waals surface area (Å²) in [5.74, 6) is -0.187.